The Morgan fingerprint density at radius 2 is 2.03 bits per heavy atom. The van der Waals surface area contributed by atoms with Crippen LogP contribution in [0.3, 0.4) is 0 Å². The summed E-state index contributed by atoms with van der Waals surface area (Å²) in [6, 6.07) is 2.02. The molecular formula is C20H18Cl2F3N3O5S. The molecule has 1 saturated heterocycles. The second kappa shape index (κ2) is 9.96. The maximum absolute atomic E-state index is 12.8. The molecule has 1 N–H and O–H groups in total. The number of ether oxygens (including phenoxy) is 1. The molecule has 2 aromatic rings. The maximum atomic E-state index is 12.8. The summed E-state index contributed by atoms with van der Waals surface area (Å²) in [4.78, 5) is 24.0. The van der Waals surface area contributed by atoms with Crippen LogP contribution in [0.1, 0.15) is 29.3 Å². The van der Waals surface area contributed by atoms with Gasteiger partial charge in [0.1, 0.15) is 5.15 Å². The minimum Gasteiger partial charge on any atom is -0.452 e. The van der Waals surface area contributed by atoms with E-state index in [1.165, 1.54) is 10.8 Å². The minimum atomic E-state index is -4.62. The molecule has 1 amide bonds. The third-order valence-corrected chi connectivity index (χ3v) is 7.38. The van der Waals surface area contributed by atoms with Crippen molar-refractivity contribution in [3.63, 3.8) is 0 Å². The smallest absolute Gasteiger partial charge is 0.416 e. The van der Waals surface area contributed by atoms with Crippen LogP contribution < -0.4 is 5.32 Å². The van der Waals surface area contributed by atoms with E-state index >= 15 is 0 Å². The maximum Gasteiger partial charge on any atom is 0.416 e. The highest BCUT2D eigenvalue weighted by atomic mass is 35.5. The second-order valence-corrected chi connectivity index (χ2v) is 10.5. The fourth-order valence-corrected chi connectivity index (χ4v) is 5.48. The van der Waals surface area contributed by atoms with Gasteiger partial charge in [-0.15, -0.1) is 0 Å². The molecule has 0 radical (unpaired) electrons. The molecule has 34 heavy (non-hydrogen) atoms. The van der Waals surface area contributed by atoms with Gasteiger partial charge in [-0.1, -0.05) is 23.2 Å². The summed E-state index contributed by atoms with van der Waals surface area (Å²) >= 11 is 12.1. The van der Waals surface area contributed by atoms with E-state index in [9.17, 15) is 31.2 Å². The number of nitrogens with zero attached hydrogens (tertiary/aromatic N) is 2. The van der Waals surface area contributed by atoms with Crippen LogP contribution in [0.2, 0.25) is 10.2 Å². The lowest BCUT2D eigenvalue weighted by molar-refractivity contribution is -0.142. The van der Waals surface area contributed by atoms with Crippen LogP contribution in [0, 0.1) is 6.92 Å². The number of carbonyl (C=O) groups is 2. The van der Waals surface area contributed by atoms with E-state index < -0.39 is 46.1 Å². The highest BCUT2D eigenvalue weighted by Gasteiger charge is 2.32. The number of aromatic nitrogens is 2. The predicted molar refractivity (Wildman–Crippen MR) is 119 cm³/mol. The van der Waals surface area contributed by atoms with Gasteiger partial charge in [0, 0.05) is 11.6 Å². The zero-order valence-corrected chi connectivity index (χ0v) is 19.9. The number of hydrogen-bond acceptors (Lipinski definition) is 6. The number of alkyl halides is 3. The summed E-state index contributed by atoms with van der Waals surface area (Å²) in [6.45, 7) is 0.852. The first-order chi connectivity index (χ1) is 15.8. The van der Waals surface area contributed by atoms with E-state index in [1.807, 2.05) is 0 Å². The standard InChI is InChI=1S/C20H18Cl2F3N3O5S/c1-11-14(19(22)28(27-11)13-6-7-34(31,32)10-13)3-5-18(30)33-9-17(29)26-16-8-12(20(23,24)25)2-4-15(16)21/h2-5,8,13H,6-7,9-10H2,1H3,(H,26,29)/b5-3+/t13-/m1/s1. The average Bonchev–Trinajstić information content (AvgIpc) is 3.23. The number of hydrogen-bond donors (Lipinski definition) is 1. The molecule has 1 atom stereocenters. The molecular weight excluding hydrogens is 522 g/mol. The molecule has 0 saturated carbocycles. The van der Waals surface area contributed by atoms with Gasteiger partial charge in [0.05, 0.1) is 39.5 Å². The molecule has 3 rings (SSSR count). The number of esters is 1. The first-order valence-corrected chi connectivity index (χ1v) is 12.3. The van der Waals surface area contributed by atoms with Gasteiger partial charge >= 0.3 is 12.1 Å². The van der Waals surface area contributed by atoms with Gasteiger partial charge in [0.25, 0.3) is 5.91 Å². The van der Waals surface area contributed by atoms with Gasteiger partial charge in [-0.2, -0.15) is 18.3 Å². The van der Waals surface area contributed by atoms with Gasteiger partial charge in [-0.25, -0.2) is 17.9 Å². The number of carbonyl (C=O) groups excluding carboxylic acids is 2. The summed E-state index contributed by atoms with van der Waals surface area (Å²) in [7, 11) is -3.15. The van der Waals surface area contributed by atoms with Crippen molar-refractivity contribution in [3.05, 3.63) is 51.3 Å². The molecule has 1 aliphatic rings. The van der Waals surface area contributed by atoms with E-state index in [2.05, 4.69) is 10.4 Å². The van der Waals surface area contributed by atoms with Crippen LogP contribution in [-0.4, -0.2) is 48.2 Å². The first kappa shape index (κ1) is 26.0. The van der Waals surface area contributed by atoms with Crippen LogP contribution >= 0.6 is 23.2 Å². The normalized spacial score (nSPS) is 17.8. The molecule has 1 fully saturated rings. The lowest BCUT2D eigenvalue weighted by atomic mass is 10.2. The Balaban J connectivity index is 1.60. The highest BCUT2D eigenvalue weighted by Crippen LogP contribution is 2.34. The van der Waals surface area contributed by atoms with Crippen molar-refractivity contribution >= 4 is 56.7 Å². The molecule has 0 spiro atoms. The lowest BCUT2D eigenvalue weighted by Gasteiger charge is -2.11. The number of halogens is 5. The summed E-state index contributed by atoms with van der Waals surface area (Å²) in [5, 5.41) is 6.44. The van der Waals surface area contributed by atoms with E-state index in [4.69, 9.17) is 27.9 Å². The molecule has 0 aliphatic carbocycles. The van der Waals surface area contributed by atoms with Gasteiger partial charge in [-0.05, 0) is 37.6 Å². The van der Waals surface area contributed by atoms with Crippen LogP contribution in [0.5, 0.6) is 0 Å². The summed E-state index contributed by atoms with van der Waals surface area (Å²) in [6.07, 6.45) is -1.94. The summed E-state index contributed by atoms with van der Waals surface area (Å²) in [5.41, 5.74) is -0.453. The third-order valence-electron chi connectivity index (χ3n) is 4.92. The van der Waals surface area contributed by atoms with E-state index in [1.54, 1.807) is 6.92 Å². The summed E-state index contributed by atoms with van der Waals surface area (Å²) in [5.74, 6) is -1.85. The zero-order valence-electron chi connectivity index (χ0n) is 17.5. The van der Waals surface area contributed by atoms with Crippen LogP contribution in [-0.2, 0) is 30.3 Å². The van der Waals surface area contributed by atoms with Crippen molar-refractivity contribution in [1.82, 2.24) is 9.78 Å². The monoisotopic (exact) mass is 539 g/mol. The lowest BCUT2D eigenvalue weighted by Crippen LogP contribution is -2.20. The number of sulfone groups is 1. The minimum absolute atomic E-state index is 0.0399. The van der Waals surface area contributed by atoms with Gasteiger partial charge < -0.3 is 10.1 Å². The molecule has 2 heterocycles. The second-order valence-electron chi connectivity index (χ2n) is 7.47. The zero-order chi connectivity index (χ0) is 25.3. The van der Waals surface area contributed by atoms with Crippen molar-refractivity contribution in [1.29, 1.82) is 0 Å². The molecule has 1 aromatic carbocycles. The van der Waals surface area contributed by atoms with Crippen molar-refractivity contribution in [2.45, 2.75) is 25.6 Å². The fourth-order valence-electron chi connectivity index (χ4n) is 3.25. The molecule has 1 aromatic heterocycles. The SMILES string of the molecule is Cc1nn([C@@H]2CCS(=O)(=O)C2)c(Cl)c1/C=C/C(=O)OCC(=O)Nc1cc(C(F)(F)F)ccc1Cl. The van der Waals surface area contributed by atoms with E-state index in [0.29, 0.717) is 23.7 Å². The van der Waals surface area contributed by atoms with E-state index in [0.717, 1.165) is 18.2 Å². The predicted octanol–water partition coefficient (Wildman–Crippen LogP) is 4.07. The molecule has 14 heteroatoms. The molecule has 1 aliphatic heterocycles. The number of amides is 1. The Labute approximate surface area is 202 Å². The van der Waals surface area contributed by atoms with Crippen molar-refractivity contribution in [2.24, 2.45) is 0 Å². The number of anilines is 1. The van der Waals surface area contributed by atoms with Gasteiger partial charge in [0.15, 0.2) is 16.4 Å². The van der Waals surface area contributed by atoms with Gasteiger partial charge in [0.2, 0.25) is 0 Å². The van der Waals surface area contributed by atoms with Crippen molar-refractivity contribution < 1.29 is 35.9 Å². The number of aryl methyl sites for hydroxylation is 1. The third kappa shape index (κ3) is 6.30. The molecule has 184 valence electrons. The number of benzene rings is 1. The van der Waals surface area contributed by atoms with Crippen LogP contribution in [0.4, 0.5) is 18.9 Å². The Hall–Kier alpha value is -2.57. The van der Waals surface area contributed by atoms with Gasteiger partial charge in [-0.3, -0.25) is 4.79 Å². The largest absolute Gasteiger partial charge is 0.452 e. The van der Waals surface area contributed by atoms with Crippen LogP contribution in [0.15, 0.2) is 24.3 Å². The number of rotatable bonds is 6. The number of nitrogens with one attached hydrogen (secondary N) is 1. The Morgan fingerprint density at radius 3 is 2.65 bits per heavy atom. The fraction of sp³-hybridized carbons (Fsp3) is 0.350. The van der Waals surface area contributed by atoms with Crippen molar-refractivity contribution in [2.75, 3.05) is 23.4 Å². The summed E-state index contributed by atoms with van der Waals surface area (Å²) < 4.78 is 68.1. The van der Waals surface area contributed by atoms with Crippen molar-refractivity contribution in [3.8, 4) is 0 Å². The Bertz CT molecular complexity index is 1260. The quantitative estimate of drug-likeness (QED) is 0.438. The van der Waals surface area contributed by atoms with Crippen LogP contribution in [0.25, 0.3) is 6.08 Å². The molecule has 0 bridgehead atoms. The van der Waals surface area contributed by atoms with E-state index in [-0.39, 0.29) is 27.4 Å². The Morgan fingerprint density at radius 1 is 1.32 bits per heavy atom. The first-order valence-electron chi connectivity index (χ1n) is 9.73. The average molecular weight is 540 g/mol. The highest BCUT2D eigenvalue weighted by molar-refractivity contribution is 7.91. The molecule has 0 unspecified atom stereocenters. The molecule has 8 nitrogen and oxygen atoms in total. The Kier molecular flexibility index (Phi) is 7.63. The topological polar surface area (TPSA) is 107 Å².